The topological polar surface area (TPSA) is 12.9 Å². The van der Waals surface area contributed by atoms with Gasteiger partial charge in [0.05, 0.1) is 0 Å². The zero-order chi connectivity index (χ0) is 6.69. The van der Waals surface area contributed by atoms with Gasteiger partial charge in [0, 0.05) is 63.8 Å². The standard InChI is InChI=1S/C8H11N.K/c1-7(2)8-4-3-5-9-6-8;/h3-7H,1-2H3;. The van der Waals surface area contributed by atoms with Crippen molar-refractivity contribution in [2.75, 3.05) is 0 Å². The van der Waals surface area contributed by atoms with Gasteiger partial charge in [-0.3, -0.25) is 4.98 Å². The molecule has 0 atom stereocenters. The molecule has 0 unspecified atom stereocenters. The molecular formula is C8H11KN. The first kappa shape index (κ1) is 10.8. The molecule has 1 heterocycles. The first-order chi connectivity index (χ1) is 4.30. The molecule has 1 aromatic rings. The summed E-state index contributed by atoms with van der Waals surface area (Å²) in [6, 6.07) is 4.06. The van der Waals surface area contributed by atoms with E-state index in [4.69, 9.17) is 0 Å². The molecule has 0 N–H and O–H groups in total. The van der Waals surface area contributed by atoms with Crippen LogP contribution >= 0.6 is 0 Å². The normalized spacial score (nSPS) is 9.10. The quantitative estimate of drug-likeness (QED) is 0.571. The third-order valence-corrected chi connectivity index (χ3v) is 1.35. The Kier molecular flexibility index (Phi) is 5.87. The molecule has 2 heteroatoms. The molecule has 0 aliphatic carbocycles. The molecule has 10 heavy (non-hydrogen) atoms. The van der Waals surface area contributed by atoms with Gasteiger partial charge in [0.2, 0.25) is 0 Å². The van der Waals surface area contributed by atoms with Crippen molar-refractivity contribution in [3.8, 4) is 0 Å². The molecule has 0 aliphatic rings. The van der Waals surface area contributed by atoms with E-state index in [1.54, 1.807) is 6.20 Å². The predicted octanol–water partition coefficient (Wildman–Crippen LogP) is 1.82. The summed E-state index contributed by atoms with van der Waals surface area (Å²) < 4.78 is 0. The fraction of sp³-hybridized carbons (Fsp3) is 0.375. The smallest absolute Gasteiger partial charge is 0.0302 e. The summed E-state index contributed by atoms with van der Waals surface area (Å²) in [5.41, 5.74) is 1.30. The Balaban J connectivity index is 0.000000810. The van der Waals surface area contributed by atoms with Crippen LogP contribution in [0.2, 0.25) is 0 Å². The van der Waals surface area contributed by atoms with Crippen LogP contribution in [0, 0.1) is 0 Å². The Morgan fingerprint density at radius 2 is 2.10 bits per heavy atom. The summed E-state index contributed by atoms with van der Waals surface area (Å²) in [7, 11) is 0. The molecule has 1 rings (SSSR count). The van der Waals surface area contributed by atoms with Gasteiger partial charge < -0.3 is 0 Å². The largest absolute Gasteiger partial charge is 0.264 e. The third kappa shape index (κ3) is 3.26. The van der Waals surface area contributed by atoms with E-state index in [1.807, 2.05) is 12.3 Å². The van der Waals surface area contributed by atoms with Crippen LogP contribution in [0.5, 0.6) is 0 Å². The van der Waals surface area contributed by atoms with Crippen molar-refractivity contribution in [3.63, 3.8) is 0 Å². The SMILES string of the molecule is CC(C)c1cccnc1.[K]. The molecular weight excluding hydrogens is 149 g/mol. The van der Waals surface area contributed by atoms with Crippen LogP contribution in [0.1, 0.15) is 25.3 Å². The first-order valence-corrected chi connectivity index (χ1v) is 3.20. The summed E-state index contributed by atoms with van der Waals surface area (Å²) in [6.45, 7) is 4.33. The Hall–Kier alpha value is 0.786. The first-order valence-electron chi connectivity index (χ1n) is 3.20. The van der Waals surface area contributed by atoms with Crippen molar-refractivity contribution in [1.82, 2.24) is 4.98 Å². The van der Waals surface area contributed by atoms with Crippen LogP contribution < -0.4 is 0 Å². The average Bonchev–Trinajstić information content (AvgIpc) is 1.90. The van der Waals surface area contributed by atoms with Crippen molar-refractivity contribution < 1.29 is 0 Å². The Bertz CT molecular complexity index is 172. The molecule has 0 saturated heterocycles. The van der Waals surface area contributed by atoms with Crippen LogP contribution in [-0.4, -0.2) is 56.4 Å². The Morgan fingerprint density at radius 1 is 1.40 bits per heavy atom. The molecule has 0 aromatic carbocycles. The van der Waals surface area contributed by atoms with E-state index in [1.165, 1.54) is 5.56 Å². The number of hydrogen-bond acceptors (Lipinski definition) is 1. The minimum absolute atomic E-state index is 0. The molecule has 1 nitrogen and oxygen atoms in total. The Labute approximate surface area is 105 Å². The monoisotopic (exact) mass is 160 g/mol. The van der Waals surface area contributed by atoms with Crippen molar-refractivity contribution in [2.24, 2.45) is 0 Å². The zero-order valence-electron chi connectivity index (χ0n) is 6.83. The maximum Gasteiger partial charge on any atom is 0.0302 e. The molecule has 0 saturated carbocycles. The van der Waals surface area contributed by atoms with E-state index in [0.29, 0.717) is 5.92 Å². The van der Waals surface area contributed by atoms with E-state index in [-0.39, 0.29) is 51.4 Å². The number of rotatable bonds is 1. The number of hydrogen-bond donors (Lipinski definition) is 0. The second kappa shape index (κ2) is 5.44. The van der Waals surface area contributed by atoms with Crippen molar-refractivity contribution >= 4 is 51.4 Å². The van der Waals surface area contributed by atoms with Gasteiger partial charge in [0.15, 0.2) is 0 Å². The maximum atomic E-state index is 4.01. The van der Waals surface area contributed by atoms with Gasteiger partial charge in [-0.1, -0.05) is 19.9 Å². The van der Waals surface area contributed by atoms with Crippen LogP contribution in [0.15, 0.2) is 24.5 Å². The molecule has 0 aliphatic heterocycles. The van der Waals surface area contributed by atoms with Crippen molar-refractivity contribution in [2.45, 2.75) is 19.8 Å². The maximum absolute atomic E-state index is 4.01. The van der Waals surface area contributed by atoms with Crippen LogP contribution in [0.4, 0.5) is 0 Å². The molecule has 0 bridgehead atoms. The summed E-state index contributed by atoms with van der Waals surface area (Å²) in [4.78, 5) is 4.01. The zero-order valence-corrected chi connectivity index (χ0v) is 9.96. The van der Waals surface area contributed by atoms with E-state index >= 15 is 0 Å². The van der Waals surface area contributed by atoms with Gasteiger partial charge in [0.25, 0.3) is 0 Å². The minimum Gasteiger partial charge on any atom is -0.264 e. The molecule has 49 valence electrons. The second-order valence-corrected chi connectivity index (χ2v) is 2.44. The molecule has 1 radical (unpaired) electrons. The fourth-order valence-corrected chi connectivity index (χ4v) is 0.717. The van der Waals surface area contributed by atoms with E-state index in [2.05, 4.69) is 24.9 Å². The number of nitrogens with zero attached hydrogens (tertiary/aromatic N) is 1. The third-order valence-electron chi connectivity index (χ3n) is 1.35. The fourth-order valence-electron chi connectivity index (χ4n) is 0.717. The average molecular weight is 160 g/mol. The van der Waals surface area contributed by atoms with E-state index in [0.717, 1.165) is 0 Å². The predicted molar refractivity (Wildman–Crippen MR) is 44.1 cm³/mol. The van der Waals surface area contributed by atoms with Gasteiger partial charge >= 0.3 is 0 Å². The summed E-state index contributed by atoms with van der Waals surface area (Å²) >= 11 is 0. The van der Waals surface area contributed by atoms with Crippen LogP contribution in [0.25, 0.3) is 0 Å². The number of pyridine rings is 1. The van der Waals surface area contributed by atoms with E-state index in [9.17, 15) is 0 Å². The Morgan fingerprint density at radius 3 is 2.40 bits per heavy atom. The van der Waals surface area contributed by atoms with Crippen molar-refractivity contribution in [3.05, 3.63) is 30.1 Å². The number of aromatic nitrogens is 1. The summed E-state index contributed by atoms with van der Waals surface area (Å²) in [5.74, 6) is 0.596. The molecule has 1 aromatic heterocycles. The van der Waals surface area contributed by atoms with E-state index < -0.39 is 0 Å². The van der Waals surface area contributed by atoms with Gasteiger partial charge in [-0.2, -0.15) is 0 Å². The van der Waals surface area contributed by atoms with Gasteiger partial charge in [-0.05, 0) is 17.5 Å². The van der Waals surface area contributed by atoms with Gasteiger partial charge in [-0.15, -0.1) is 0 Å². The summed E-state index contributed by atoms with van der Waals surface area (Å²) in [6.07, 6.45) is 3.70. The van der Waals surface area contributed by atoms with Crippen molar-refractivity contribution in [1.29, 1.82) is 0 Å². The van der Waals surface area contributed by atoms with Gasteiger partial charge in [-0.25, -0.2) is 0 Å². The summed E-state index contributed by atoms with van der Waals surface area (Å²) in [5, 5.41) is 0. The minimum atomic E-state index is 0. The molecule has 0 amide bonds. The van der Waals surface area contributed by atoms with Crippen LogP contribution in [0.3, 0.4) is 0 Å². The second-order valence-electron chi connectivity index (χ2n) is 2.44. The van der Waals surface area contributed by atoms with Gasteiger partial charge in [0.1, 0.15) is 0 Å². The molecule has 0 spiro atoms. The molecule has 0 fully saturated rings. The van der Waals surface area contributed by atoms with Crippen LogP contribution in [-0.2, 0) is 0 Å².